The summed E-state index contributed by atoms with van der Waals surface area (Å²) >= 11 is 0. The van der Waals surface area contributed by atoms with Gasteiger partial charge in [-0.15, -0.1) is 0 Å². The molecule has 0 amide bonds. The molecule has 63 heavy (non-hydrogen) atoms. The fourth-order valence-corrected chi connectivity index (χ4v) is 8.32. The number of aliphatic hydroxyl groups excluding tert-OH is 1. The van der Waals surface area contributed by atoms with Gasteiger partial charge in [0.2, 0.25) is 0 Å². The molecule has 0 radical (unpaired) electrons. The molecule has 9 nitrogen and oxygen atoms in total. The molecule has 0 atom stereocenters. The number of hydrogen-bond donors (Lipinski definition) is 1. The van der Waals surface area contributed by atoms with E-state index < -0.39 is 0 Å². The number of carbonyl (C=O) groups excluding carboxylic acids is 2. The number of nitrogens with zero attached hydrogens (tertiary/aromatic N) is 1. The van der Waals surface area contributed by atoms with Crippen LogP contribution in [0.2, 0.25) is 0 Å². The molecule has 0 saturated carbocycles. The van der Waals surface area contributed by atoms with E-state index in [9.17, 15) is 9.59 Å². The third kappa shape index (κ3) is 47.1. The number of aliphatic hydroxyl groups is 1. The zero-order chi connectivity index (χ0) is 45.9. The van der Waals surface area contributed by atoms with Crippen molar-refractivity contribution in [3.8, 4) is 0 Å². The molecule has 0 rings (SSSR count). The minimum Gasteiger partial charge on any atom is -0.462 e. The highest BCUT2D eigenvalue weighted by Crippen LogP contribution is 2.20. The minimum atomic E-state index is -0.0148. The lowest BCUT2D eigenvalue weighted by atomic mass is 10.0. The van der Waals surface area contributed by atoms with E-state index in [2.05, 4.69) is 32.6 Å². The highest BCUT2D eigenvalue weighted by atomic mass is 16.6. The number of esters is 2. The van der Waals surface area contributed by atoms with E-state index in [1.165, 1.54) is 128 Å². The SMILES string of the molecule is CCCCCCCCC(CCCCCCCC)OC(=O)CCCCCN(CCCCCC(=O)OC(CCCCCCCC)CCCCCCCC)CCOCCOCCOCCO. The van der Waals surface area contributed by atoms with Crippen molar-refractivity contribution in [3.63, 3.8) is 0 Å². The van der Waals surface area contributed by atoms with Crippen LogP contribution in [0.4, 0.5) is 0 Å². The molecule has 0 unspecified atom stereocenters. The predicted octanol–water partition coefficient (Wildman–Crippen LogP) is 14.3. The fraction of sp³-hybridized carbons (Fsp3) is 0.963. The van der Waals surface area contributed by atoms with Gasteiger partial charge < -0.3 is 33.7 Å². The average molecular weight is 898 g/mol. The second-order valence-electron chi connectivity index (χ2n) is 18.5. The number of rotatable bonds is 53. The summed E-state index contributed by atoms with van der Waals surface area (Å²) in [4.78, 5) is 28.5. The molecule has 0 heterocycles. The molecule has 0 aromatic heterocycles. The van der Waals surface area contributed by atoms with Crippen molar-refractivity contribution >= 4 is 11.9 Å². The molecule has 9 heteroatoms. The fourth-order valence-electron chi connectivity index (χ4n) is 8.32. The zero-order valence-corrected chi connectivity index (χ0v) is 42.4. The summed E-state index contributed by atoms with van der Waals surface area (Å²) in [5, 5.41) is 8.84. The van der Waals surface area contributed by atoms with Crippen LogP contribution in [0.3, 0.4) is 0 Å². The molecule has 376 valence electrons. The average Bonchev–Trinajstić information content (AvgIpc) is 3.28. The van der Waals surface area contributed by atoms with Crippen LogP contribution in [0.15, 0.2) is 0 Å². The van der Waals surface area contributed by atoms with Crippen LogP contribution in [-0.2, 0) is 33.3 Å². The van der Waals surface area contributed by atoms with E-state index >= 15 is 0 Å². The van der Waals surface area contributed by atoms with Crippen LogP contribution in [0.5, 0.6) is 0 Å². The van der Waals surface area contributed by atoms with Gasteiger partial charge in [0.05, 0.1) is 46.2 Å². The smallest absolute Gasteiger partial charge is 0.306 e. The maximum atomic E-state index is 13.0. The first-order valence-corrected chi connectivity index (χ1v) is 27.5. The molecule has 0 aliphatic heterocycles. The third-order valence-corrected chi connectivity index (χ3v) is 12.4. The molecular weight excluding hydrogens is 791 g/mol. The van der Waals surface area contributed by atoms with Crippen molar-refractivity contribution < 1.29 is 38.4 Å². The highest BCUT2D eigenvalue weighted by molar-refractivity contribution is 5.69. The molecule has 0 aromatic rings. The number of carbonyl (C=O) groups is 2. The zero-order valence-electron chi connectivity index (χ0n) is 42.4. The molecule has 0 aliphatic carbocycles. The number of hydrogen-bond acceptors (Lipinski definition) is 9. The van der Waals surface area contributed by atoms with Gasteiger partial charge in [0.1, 0.15) is 12.2 Å². The van der Waals surface area contributed by atoms with Gasteiger partial charge in [-0.2, -0.15) is 0 Å². The Balaban J connectivity index is 4.85. The summed E-state index contributed by atoms with van der Waals surface area (Å²) < 4.78 is 29.0. The molecule has 0 fully saturated rings. The maximum absolute atomic E-state index is 13.0. The van der Waals surface area contributed by atoms with Gasteiger partial charge in [-0.25, -0.2) is 0 Å². The van der Waals surface area contributed by atoms with Gasteiger partial charge in [0, 0.05) is 19.4 Å². The van der Waals surface area contributed by atoms with E-state index in [4.69, 9.17) is 28.8 Å². The topological polar surface area (TPSA) is 104 Å². The molecule has 0 aromatic carbocycles. The maximum Gasteiger partial charge on any atom is 0.306 e. The van der Waals surface area contributed by atoms with Crippen LogP contribution >= 0.6 is 0 Å². The lowest BCUT2D eigenvalue weighted by molar-refractivity contribution is -0.151. The van der Waals surface area contributed by atoms with E-state index in [1.807, 2.05) is 0 Å². The van der Waals surface area contributed by atoms with Gasteiger partial charge in [-0.05, 0) is 90.1 Å². The Morgan fingerprint density at radius 3 is 1.02 bits per heavy atom. The van der Waals surface area contributed by atoms with E-state index in [1.54, 1.807) is 0 Å². The van der Waals surface area contributed by atoms with Crippen molar-refractivity contribution in [2.75, 3.05) is 65.9 Å². The van der Waals surface area contributed by atoms with Crippen LogP contribution in [-0.4, -0.2) is 100 Å². The largest absolute Gasteiger partial charge is 0.462 e. The lowest BCUT2D eigenvalue weighted by Gasteiger charge is -2.22. The van der Waals surface area contributed by atoms with Crippen LogP contribution in [0.25, 0.3) is 0 Å². The quantitative estimate of drug-likeness (QED) is 0.0472. The number of ether oxygens (including phenoxy) is 5. The second-order valence-corrected chi connectivity index (χ2v) is 18.5. The molecule has 0 spiro atoms. The first-order chi connectivity index (χ1) is 31.0. The third-order valence-electron chi connectivity index (χ3n) is 12.4. The Morgan fingerprint density at radius 2 is 0.667 bits per heavy atom. The van der Waals surface area contributed by atoms with E-state index in [0.29, 0.717) is 52.5 Å². The van der Waals surface area contributed by atoms with Crippen molar-refractivity contribution in [1.29, 1.82) is 0 Å². The lowest BCUT2D eigenvalue weighted by Crippen LogP contribution is -2.30. The standard InChI is InChI=1S/C54H107NO8/c1-5-9-13-17-21-27-35-51(36-28-22-18-14-10-6-2)62-53(57)39-31-25-33-41-55(43-45-59-47-49-61-50-48-60-46-44-56)42-34-26-32-40-54(58)63-52(37-29-23-19-15-11-7-3)38-30-24-20-16-12-8-4/h51-52,56H,5-50H2,1-4H3. The molecule has 0 saturated heterocycles. The predicted molar refractivity (Wildman–Crippen MR) is 265 cm³/mol. The van der Waals surface area contributed by atoms with Crippen molar-refractivity contribution in [2.24, 2.45) is 0 Å². The summed E-state index contributed by atoms with van der Waals surface area (Å²) in [7, 11) is 0. The Morgan fingerprint density at radius 1 is 0.365 bits per heavy atom. The summed E-state index contributed by atoms with van der Waals surface area (Å²) in [6, 6.07) is 0. The minimum absolute atomic E-state index is 0.0148. The van der Waals surface area contributed by atoms with Gasteiger partial charge >= 0.3 is 11.9 Å². The highest BCUT2D eigenvalue weighted by Gasteiger charge is 2.16. The normalized spacial score (nSPS) is 11.7. The Bertz CT molecular complexity index is 830. The molecule has 0 bridgehead atoms. The molecule has 0 aliphatic rings. The van der Waals surface area contributed by atoms with Gasteiger partial charge in [-0.3, -0.25) is 9.59 Å². The van der Waals surface area contributed by atoms with E-state index in [-0.39, 0.29) is 30.8 Å². The van der Waals surface area contributed by atoms with Gasteiger partial charge in [0.25, 0.3) is 0 Å². The van der Waals surface area contributed by atoms with Gasteiger partial charge in [-0.1, -0.05) is 169 Å². The second kappa shape index (κ2) is 51.7. The summed E-state index contributed by atoms with van der Waals surface area (Å²) in [5.74, 6) is -0.0295. The monoisotopic (exact) mass is 898 g/mol. The van der Waals surface area contributed by atoms with Crippen LogP contribution in [0, 0.1) is 0 Å². The van der Waals surface area contributed by atoms with Gasteiger partial charge in [0.15, 0.2) is 0 Å². The number of unbranched alkanes of at least 4 members (excludes halogenated alkanes) is 24. The Labute approximate surface area is 391 Å². The molecule has 1 N–H and O–H groups in total. The first kappa shape index (κ1) is 61.7. The Kier molecular flexibility index (Phi) is 50.7. The van der Waals surface area contributed by atoms with Crippen molar-refractivity contribution in [3.05, 3.63) is 0 Å². The first-order valence-electron chi connectivity index (χ1n) is 27.5. The van der Waals surface area contributed by atoms with Crippen LogP contribution < -0.4 is 0 Å². The molecular formula is C54H107NO8. The van der Waals surface area contributed by atoms with Crippen molar-refractivity contribution in [2.45, 2.75) is 271 Å². The summed E-state index contributed by atoms with van der Waals surface area (Å²) in [6.45, 7) is 14.9. The summed E-state index contributed by atoms with van der Waals surface area (Å²) in [5.41, 5.74) is 0. The van der Waals surface area contributed by atoms with Crippen molar-refractivity contribution in [1.82, 2.24) is 4.90 Å². The van der Waals surface area contributed by atoms with Crippen LogP contribution in [0.1, 0.15) is 259 Å². The summed E-state index contributed by atoms with van der Waals surface area (Å²) in [6.07, 6.45) is 41.4. The Hall–Kier alpha value is -1.26. The van der Waals surface area contributed by atoms with E-state index in [0.717, 1.165) is 110 Å².